The number of carbonyl (C=O) groups is 2. The number of nitrogens with zero attached hydrogens (tertiary/aromatic N) is 3. The van der Waals surface area contributed by atoms with Crippen LogP contribution >= 0.6 is 0 Å². The SMILES string of the molecule is O=C1C(Cc2ccccc2)N(Cc2ccccc2)C(=O)C2CN(Cc3cccc4ccccc34)CCN12. The number of benzene rings is 4. The Morgan fingerprint density at radius 3 is 2.11 bits per heavy atom. The fourth-order valence-electron chi connectivity index (χ4n) is 5.80. The summed E-state index contributed by atoms with van der Waals surface area (Å²) in [5.41, 5.74) is 3.36. The van der Waals surface area contributed by atoms with Crippen molar-refractivity contribution in [3.05, 3.63) is 120 Å². The average Bonchev–Trinajstić information content (AvgIpc) is 2.95. The number of hydrogen-bond donors (Lipinski definition) is 0. The van der Waals surface area contributed by atoms with Crippen molar-refractivity contribution in [2.24, 2.45) is 0 Å². The van der Waals surface area contributed by atoms with Crippen LogP contribution in [0.5, 0.6) is 0 Å². The fraction of sp³-hybridized carbons (Fsp3) is 0.250. The number of hydrogen-bond acceptors (Lipinski definition) is 3. The Bertz CT molecular complexity index is 1400. The zero-order chi connectivity index (χ0) is 25.2. The van der Waals surface area contributed by atoms with Crippen LogP contribution in [0.25, 0.3) is 10.8 Å². The Hall–Kier alpha value is -3.96. The van der Waals surface area contributed by atoms with Gasteiger partial charge in [0.15, 0.2) is 0 Å². The van der Waals surface area contributed by atoms with Crippen molar-refractivity contribution < 1.29 is 9.59 Å². The summed E-state index contributed by atoms with van der Waals surface area (Å²) in [5.74, 6) is 0.112. The summed E-state index contributed by atoms with van der Waals surface area (Å²) in [6.45, 7) is 3.09. The summed E-state index contributed by atoms with van der Waals surface area (Å²) in [6.07, 6.45) is 0.529. The molecule has 37 heavy (non-hydrogen) atoms. The van der Waals surface area contributed by atoms with Crippen LogP contribution in [0.2, 0.25) is 0 Å². The molecule has 4 aromatic rings. The van der Waals surface area contributed by atoms with Crippen molar-refractivity contribution in [2.45, 2.75) is 31.6 Å². The average molecular weight is 490 g/mol. The molecule has 0 aliphatic carbocycles. The molecule has 0 spiro atoms. The van der Waals surface area contributed by atoms with Gasteiger partial charge in [-0.1, -0.05) is 103 Å². The number of piperazine rings is 2. The molecule has 0 radical (unpaired) electrons. The van der Waals surface area contributed by atoms with Gasteiger partial charge < -0.3 is 9.80 Å². The Morgan fingerprint density at radius 2 is 1.32 bits per heavy atom. The van der Waals surface area contributed by atoms with Crippen LogP contribution in [-0.2, 0) is 29.1 Å². The highest BCUT2D eigenvalue weighted by Gasteiger charge is 2.47. The van der Waals surface area contributed by atoms with Gasteiger partial charge in [-0.3, -0.25) is 14.5 Å². The molecule has 5 heteroatoms. The molecule has 186 valence electrons. The molecular weight excluding hydrogens is 458 g/mol. The van der Waals surface area contributed by atoms with Crippen LogP contribution in [0.3, 0.4) is 0 Å². The molecule has 2 unspecified atom stereocenters. The van der Waals surface area contributed by atoms with Crippen LogP contribution in [-0.4, -0.2) is 58.2 Å². The third-order valence-electron chi connectivity index (χ3n) is 7.72. The first-order valence-corrected chi connectivity index (χ1v) is 13.1. The smallest absolute Gasteiger partial charge is 0.247 e. The van der Waals surface area contributed by atoms with E-state index in [9.17, 15) is 9.59 Å². The van der Waals surface area contributed by atoms with Crippen molar-refractivity contribution in [1.29, 1.82) is 0 Å². The number of carbonyl (C=O) groups excluding carboxylic acids is 2. The zero-order valence-corrected chi connectivity index (χ0v) is 20.9. The van der Waals surface area contributed by atoms with E-state index >= 15 is 0 Å². The number of fused-ring (bicyclic) bond motifs is 2. The van der Waals surface area contributed by atoms with Gasteiger partial charge in [0, 0.05) is 39.1 Å². The fourth-order valence-corrected chi connectivity index (χ4v) is 5.80. The lowest BCUT2D eigenvalue weighted by Crippen LogP contribution is -2.70. The molecule has 2 fully saturated rings. The van der Waals surface area contributed by atoms with Gasteiger partial charge in [-0.25, -0.2) is 0 Å². The highest BCUT2D eigenvalue weighted by molar-refractivity contribution is 5.97. The zero-order valence-electron chi connectivity index (χ0n) is 20.9. The molecule has 0 N–H and O–H groups in total. The van der Waals surface area contributed by atoms with E-state index in [0.29, 0.717) is 26.1 Å². The van der Waals surface area contributed by atoms with E-state index in [0.717, 1.165) is 24.2 Å². The van der Waals surface area contributed by atoms with Crippen LogP contribution < -0.4 is 0 Å². The predicted octanol–water partition coefficient (Wildman–Crippen LogP) is 4.51. The summed E-state index contributed by atoms with van der Waals surface area (Å²) >= 11 is 0. The van der Waals surface area contributed by atoms with Crippen molar-refractivity contribution in [2.75, 3.05) is 19.6 Å². The van der Waals surface area contributed by atoms with E-state index in [1.807, 2.05) is 70.5 Å². The first-order valence-electron chi connectivity index (χ1n) is 13.1. The normalized spacial score (nSPS) is 20.3. The molecule has 0 bridgehead atoms. The third-order valence-corrected chi connectivity index (χ3v) is 7.72. The van der Waals surface area contributed by atoms with Gasteiger partial charge in [0.25, 0.3) is 0 Å². The summed E-state index contributed by atoms with van der Waals surface area (Å²) in [7, 11) is 0. The van der Waals surface area contributed by atoms with Crippen LogP contribution in [0.1, 0.15) is 16.7 Å². The van der Waals surface area contributed by atoms with Crippen LogP contribution in [0, 0.1) is 0 Å². The minimum Gasteiger partial charge on any atom is -0.326 e. The van der Waals surface area contributed by atoms with E-state index in [-0.39, 0.29) is 11.8 Å². The molecule has 2 aliphatic rings. The lowest BCUT2D eigenvalue weighted by atomic mass is 9.95. The maximum Gasteiger partial charge on any atom is 0.247 e. The Labute approximate surface area is 217 Å². The minimum absolute atomic E-state index is 0.0482. The van der Waals surface area contributed by atoms with Gasteiger partial charge in [0.2, 0.25) is 11.8 Å². The van der Waals surface area contributed by atoms with E-state index < -0.39 is 12.1 Å². The van der Waals surface area contributed by atoms with E-state index in [1.165, 1.54) is 16.3 Å². The van der Waals surface area contributed by atoms with Gasteiger partial charge in [-0.05, 0) is 27.5 Å². The lowest BCUT2D eigenvalue weighted by Gasteiger charge is -2.49. The highest BCUT2D eigenvalue weighted by atomic mass is 16.2. The molecule has 5 nitrogen and oxygen atoms in total. The summed E-state index contributed by atoms with van der Waals surface area (Å²) in [5, 5.41) is 2.47. The Morgan fingerprint density at radius 1 is 0.649 bits per heavy atom. The van der Waals surface area contributed by atoms with Gasteiger partial charge in [-0.15, -0.1) is 0 Å². The number of rotatable bonds is 6. The van der Waals surface area contributed by atoms with E-state index in [4.69, 9.17) is 0 Å². The topological polar surface area (TPSA) is 43.9 Å². The molecule has 2 aliphatic heterocycles. The second-order valence-electron chi connectivity index (χ2n) is 10.1. The first-order chi connectivity index (χ1) is 18.2. The van der Waals surface area contributed by atoms with Gasteiger partial charge >= 0.3 is 0 Å². The van der Waals surface area contributed by atoms with E-state index in [1.54, 1.807) is 0 Å². The maximum absolute atomic E-state index is 14.0. The molecule has 2 saturated heterocycles. The van der Waals surface area contributed by atoms with Crippen molar-refractivity contribution in [3.63, 3.8) is 0 Å². The molecule has 6 rings (SSSR count). The van der Waals surface area contributed by atoms with Crippen LogP contribution in [0.15, 0.2) is 103 Å². The highest BCUT2D eigenvalue weighted by Crippen LogP contribution is 2.28. The van der Waals surface area contributed by atoms with Crippen LogP contribution in [0.4, 0.5) is 0 Å². The molecular formula is C32H31N3O2. The second-order valence-corrected chi connectivity index (χ2v) is 10.1. The van der Waals surface area contributed by atoms with Crippen molar-refractivity contribution in [1.82, 2.24) is 14.7 Å². The monoisotopic (exact) mass is 489 g/mol. The Kier molecular flexibility index (Phi) is 6.46. The first kappa shape index (κ1) is 23.4. The number of amides is 2. The predicted molar refractivity (Wildman–Crippen MR) is 146 cm³/mol. The van der Waals surface area contributed by atoms with E-state index in [2.05, 4.69) is 47.4 Å². The minimum atomic E-state index is -0.490. The molecule has 0 saturated carbocycles. The summed E-state index contributed by atoms with van der Waals surface area (Å²) in [4.78, 5) is 33.9. The Balaban J connectivity index is 1.26. The van der Waals surface area contributed by atoms with Gasteiger partial charge in [-0.2, -0.15) is 0 Å². The van der Waals surface area contributed by atoms with Gasteiger partial charge in [0.05, 0.1) is 0 Å². The van der Waals surface area contributed by atoms with Crippen molar-refractivity contribution >= 4 is 22.6 Å². The van der Waals surface area contributed by atoms with Crippen molar-refractivity contribution in [3.8, 4) is 0 Å². The molecule has 4 aromatic carbocycles. The molecule has 2 amide bonds. The summed E-state index contributed by atoms with van der Waals surface area (Å²) in [6, 6.07) is 33.9. The quantitative estimate of drug-likeness (QED) is 0.400. The third kappa shape index (κ3) is 4.75. The van der Waals surface area contributed by atoms with Gasteiger partial charge in [0.1, 0.15) is 12.1 Å². The molecule has 0 aromatic heterocycles. The maximum atomic E-state index is 14.0. The lowest BCUT2D eigenvalue weighted by molar-refractivity contribution is -0.166. The standard InChI is InChI=1S/C32H31N3O2/c36-31-29(20-24-10-3-1-4-11-24)35(21-25-12-5-2-6-13-25)32(37)30-23-33(18-19-34(30)31)22-27-16-9-15-26-14-7-8-17-28(26)27/h1-17,29-30H,18-23H2. The largest absolute Gasteiger partial charge is 0.326 e. The second kappa shape index (κ2) is 10.2. The molecule has 2 atom stereocenters. The summed E-state index contributed by atoms with van der Waals surface area (Å²) < 4.78 is 0. The molecule has 2 heterocycles.